The molecule has 1 heterocycles. The monoisotopic (exact) mass is 318 g/mol. The lowest BCUT2D eigenvalue weighted by Gasteiger charge is -2.09. The maximum atomic E-state index is 2.37. The van der Waals surface area contributed by atoms with Crippen molar-refractivity contribution < 1.29 is 0 Å². The molecule has 1 nitrogen and oxygen atoms in total. The summed E-state index contributed by atoms with van der Waals surface area (Å²) in [6.45, 7) is 2.07. The molecule has 5 aromatic rings. The molecule has 5 rings (SSSR count). The summed E-state index contributed by atoms with van der Waals surface area (Å²) in [5, 5.41) is 5.24. The molecule has 0 aliphatic carbocycles. The number of benzene rings is 4. The number of nitrogens with zero attached hydrogens (tertiary/aromatic N) is 1. The Balaban J connectivity index is 1.95. The normalized spacial score (nSPS) is 11.4. The van der Waals surface area contributed by atoms with E-state index >= 15 is 0 Å². The van der Waals surface area contributed by atoms with Crippen LogP contribution < -0.4 is 5.46 Å². The van der Waals surface area contributed by atoms with E-state index in [9.17, 15) is 0 Å². The van der Waals surface area contributed by atoms with E-state index in [2.05, 4.69) is 104 Å². The van der Waals surface area contributed by atoms with Gasteiger partial charge in [0.1, 0.15) is 7.28 Å². The zero-order valence-corrected chi connectivity index (χ0v) is 14.1. The summed E-state index contributed by atoms with van der Waals surface area (Å²) in [5.74, 6) is 0. The van der Waals surface area contributed by atoms with Crippen molar-refractivity contribution in [3.05, 3.63) is 84.9 Å². The number of aromatic nitrogens is 1. The van der Waals surface area contributed by atoms with Crippen LogP contribution in [0.4, 0.5) is 0 Å². The first-order valence-corrected chi connectivity index (χ1v) is 8.67. The number of para-hydroxylation sites is 1. The highest BCUT2D eigenvalue weighted by molar-refractivity contribution is 6.51. The van der Waals surface area contributed by atoms with Crippen LogP contribution in [0.1, 0.15) is 0 Å². The summed E-state index contributed by atoms with van der Waals surface area (Å²) < 4.78 is 2.37. The Hall–Kier alpha value is -3.00. The predicted molar refractivity (Wildman–Crippen MR) is 110 cm³/mol. The molecule has 4 aromatic carbocycles. The highest BCUT2D eigenvalue weighted by Crippen LogP contribution is 2.36. The lowest BCUT2D eigenvalue weighted by molar-refractivity contribution is 1.18. The van der Waals surface area contributed by atoms with E-state index in [1.54, 1.807) is 0 Å². The fourth-order valence-electron chi connectivity index (χ4n) is 3.83. The van der Waals surface area contributed by atoms with Crippen LogP contribution in [0.2, 0.25) is 6.82 Å². The molecule has 2 heteroatoms. The molecular weight excluding hydrogens is 301 g/mol. The summed E-state index contributed by atoms with van der Waals surface area (Å²) in [7, 11) is 2.13. The molecule has 0 atom stereocenters. The van der Waals surface area contributed by atoms with Gasteiger partial charge in [-0.15, -0.1) is 0 Å². The van der Waals surface area contributed by atoms with Gasteiger partial charge in [-0.25, -0.2) is 0 Å². The van der Waals surface area contributed by atoms with Gasteiger partial charge in [0.25, 0.3) is 0 Å². The second-order valence-electron chi connectivity index (χ2n) is 6.41. The van der Waals surface area contributed by atoms with Crippen LogP contribution in [0.15, 0.2) is 84.9 Å². The van der Waals surface area contributed by atoms with Gasteiger partial charge < -0.3 is 4.57 Å². The van der Waals surface area contributed by atoms with Crippen molar-refractivity contribution in [1.82, 2.24) is 4.57 Å². The Morgan fingerprint density at radius 3 is 2.16 bits per heavy atom. The van der Waals surface area contributed by atoms with Crippen LogP contribution in [0, 0.1) is 0 Å². The summed E-state index contributed by atoms with van der Waals surface area (Å²) in [5.41, 5.74) is 4.96. The van der Waals surface area contributed by atoms with Crippen molar-refractivity contribution in [2.45, 2.75) is 6.82 Å². The van der Waals surface area contributed by atoms with Gasteiger partial charge in [-0.1, -0.05) is 72.9 Å². The molecule has 0 amide bonds. The number of rotatable bonds is 2. The van der Waals surface area contributed by atoms with Gasteiger partial charge >= 0.3 is 0 Å². The molecule has 0 saturated heterocycles. The highest BCUT2D eigenvalue weighted by Gasteiger charge is 2.13. The average Bonchev–Trinajstić information content (AvgIpc) is 3.03. The Bertz CT molecular complexity index is 1220. The van der Waals surface area contributed by atoms with E-state index in [1.807, 2.05) is 0 Å². The first-order chi connectivity index (χ1) is 12.4. The molecule has 25 heavy (non-hydrogen) atoms. The van der Waals surface area contributed by atoms with Crippen molar-refractivity contribution in [3.8, 4) is 5.69 Å². The molecule has 0 aliphatic rings. The maximum Gasteiger partial charge on any atom is 0.148 e. The van der Waals surface area contributed by atoms with Crippen LogP contribution in [-0.4, -0.2) is 11.8 Å². The van der Waals surface area contributed by atoms with E-state index in [-0.39, 0.29) is 0 Å². The lowest BCUT2D eigenvalue weighted by Crippen LogP contribution is -2.09. The zero-order chi connectivity index (χ0) is 16.8. The Morgan fingerprint density at radius 1 is 0.640 bits per heavy atom. The molecule has 0 saturated carbocycles. The standard InChI is InChI=1S/C23H17BN/c1-24-17-11-13-18(14-12-17)25-21-9-5-4-8-20(21)23-19-7-3-2-6-16(19)10-15-22(23)25/h2-15H,1H3. The average molecular weight is 318 g/mol. The van der Waals surface area contributed by atoms with Gasteiger partial charge in [-0.3, -0.25) is 0 Å². The van der Waals surface area contributed by atoms with E-state index in [0.29, 0.717) is 0 Å². The molecule has 0 unspecified atom stereocenters. The van der Waals surface area contributed by atoms with Gasteiger partial charge in [-0.2, -0.15) is 0 Å². The molecular formula is C23H17BN. The summed E-state index contributed by atoms with van der Waals surface area (Å²) in [4.78, 5) is 0. The van der Waals surface area contributed by atoms with Crippen LogP contribution in [0.5, 0.6) is 0 Å². The van der Waals surface area contributed by atoms with Gasteiger partial charge in [0.2, 0.25) is 0 Å². The molecule has 0 fully saturated rings. The Morgan fingerprint density at radius 2 is 1.36 bits per heavy atom. The third-order valence-corrected chi connectivity index (χ3v) is 5.05. The van der Waals surface area contributed by atoms with Crippen molar-refractivity contribution in [2.75, 3.05) is 0 Å². The van der Waals surface area contributed by atoms with Gasteiger partial charge in [-0.05, 0) is 35.0 Å². The van der Waals surface area contributed by atoms with Crippen molar-refractivity contribution in [2.24, 2.45) is 0 Å². The number of hydrogen-bond acceptors (Lipinski definition) is 0. The van der Waals surface area contributed by atoms with E-state index in [0.717, 1.165) is 0 Å². The fraction of sp³-hybridized carbons (Fsp3) is 0.0435. The highest BCUT2D eigenvalue weighted by atomic mass is 15.0. The number of hydrogen-bond donors (Lipinski definition) is 0. The third kappa shape index (κ3) is 2.11. The third-order valence-electron chi connectivity index (χ3n) is 5.05. The molecule has 0 N–H and O–H groups in total. The van der Waals surface area contributed by atoms with Crippen molar-refractivity contribution in [1.29, 1.82) is 0 Å². The van der Waals surface area contributed by atoms with Crippen LogP contribution in [0.25, 0.3) is 38.3 Å². The minimum absolute atomic E-state index is 1.20. The summed E-state index contributed by atoms with van der Waals surface area (Å²) >= 11 is 0. The molecule has 0 aliphatic heterocycles. The predicted octanol–water partition coefficient (Wildman–Crippen LogP) is 5.31. The van der Waals surface area contributed by atoms with E-state index in [1.165, 1.54) is 43.7 Å². The maximum absolute atomic E-state index is 2.37. The molecule has 117 valence electrons. The lowest BCUT2D eigenvalue weighted by atomic mass is 9.73. The Labute approximate surface area is 147 Å². The molecule has 1 aromatic heterocycles. The van der Waals surface area contributed by atoms with E-state index < -0.39 is 0 Å². The van der Waals surface area contributed by atoms with Gasteiger partial charge in [0.15, 0.2) is 0 Å². The number of fused-ring (bicyclic) bond motifs is 5. The topological polar surface area (TPSA) is 4.93 Å². The smallest absolute Gasteiger partial charge is 0.148 e. The molecule has 0 spiro atoms. The summed E-state index contributed by atoms with van der Waals surface area (Å²) in [6.07, 6.45) is 0. The Kier molecular flexibility index (Phi) is 3.17. The van der Waals surface area contributed by atoms with Crippen LogP contribution in [-0.2, 0) is 0 Å². The van der Waals surface area contributed by atoms with Crippen LogP contribution in [0.3, 0.4) is 0 Å². The first kappa shape index (κ1) is 14.4. The van der Waals surface area contributed by atoms with E-state index in [4.69, 9.17) is 0 Å². The van der Waals surface area contributed by atoms with Crippen molar-refractivity contribution >= 4 is 45.3 Å². The van der Waals surface area contributed by atoms with Crippen LogP contribution >= 0.6 is 0 Å². The van der Waals surface area contributed by atoms with Gasteiger partial charge in [0.05, 0.1) is 11.0 Å². The summed E-state index contributed by atoms with van der Waals surface area (Å²) in [6, 6.07) is 30.6. The fourth-order valence-corrected chi connectivity index (χ4v) is 3.83. The zero-order valence-electron chi connectivity index (χ0n) is 14.1. The second kappa shape index (κ2) is 5.53. The molecule has 0 bridgehead atoms. The molecule has 1 radical (unpaired) electrons. The van der Waals surface area contributed by atoms with Gasteiger partial charge in [0, 0.05) is 16.5 Å². The first-order valence-electron chi connectivity index (χ1n) is 8.67. The van der Waals surface area contributed by atoms with Crippen molar-refractivity contribution in [3.63, 3.8) is 0 Å². The quantitative estimate of drug-likeness (QED) is 0.389. The SMILES string of the molecule is C[B]c1ccc(-n2c3ccccc3c3c4ccccc4ccc32)cc1. The largest absolute Gasteiger partial charge is 0.309 e. The second-order valence-corrected chi connectivity index (χ2v) is 6.41. The minimum atomic E-state index is 1.20. The minimum Gasteiger partial charge on any atom is -0.309 e.